The minimum atomic E-state index is -4.90. The van der Waals surface area contributed by atoms with E-state index in [0.29, 0.717) is 44.7 Å². The third-order valence-corrected chi connectivity index (χ3v) is 9.80. The van der Waals surface area contributed by atoms with E-state index in [2.05, 4.69) is 21.3 Å². The van der Waals surface area contributed by atoms with Gasteiger partial charge in [-0.05, 0) is 71.9 Å². The summed E-state index contributed by atoms with van der Waals surface area (Å²) in [4.78, 5) is 47.4. The molecule has 0 bridgehead atoms. The molecule has 0 aromatic heterocycles. The van der Waals surface area contributed by atoms with E-state index < -0.39 is 23.9 Å². The van der Waals surface area contributed by atoms with Crippen LogP contribution in [0.25, 0.3) is 10.6 Å². The van der Waals surface area contributed by atoms with Crippen LogP contribution in [0.2, 0.25) is 0 Å². The number of carbonyl (C=O) groups excluding carboxylic acids is 4. The summed E-state index contributed by atoms with van der Waals surface area (Å²) in [5, 5.41) is 13.6. The number of thioether (sulfide) groups is 2. The van der Waals surface area contributed by atoms with Crippen LogP contribution in [0.15, 0.2) is 68.4 Å². The second-order valence-electron chi connectivity index (χ2n) is 11.4. The molecule has 2 aromatic carbocycles. The maximum atomic E-state index is 12.3. The van der Waals surface area contributed by atoms with Crippen molar-refractivity contribution in [2.24, 2.45) is 11.8 Å². The van der Waals surface area contributed by atoms with Gasteiger partial charge in [0.05, 0.1) is 0 Å². The number of rotatable bonds is 6. The molecule has 2 fully saturated rings. The Balaban J connectivity index is 0.000000216. The van der Waals surface area contributed by atoms with Crippen LogP contribution in [0.1, 0.15) is 51.4 Å². The van der Waals surface area contributed by atoms with Crippen molar-refractivity contribution in [1.82, 2.24) is 0 Å². The second-order valence-corrected chi connectivity index (χ2v) is 13.5. The third kappa shape index (κ3) is 10.3. The van der Waals surface area contributed by atoms with Crippen LogP contribution >= 0.6 is 23.5 Å². The van der Waals surface area contributed by atoms with Gasteiger partial charge in [0, 0.05) is 23.2 Å². The number of nitrogens with zero attached hydrogens (tertiary/aromatic N) is 2. The van der Waals surface area contributed by atoms with E-state index in [4.69, 9.17) is 0 Å². The Morgan fingerprint density at radius 1 is 0.633 bits per heavy atom. The predicted molar refractivity (Wildman–Crippen MR) is 170 cm³/mol. The van der Waals surface area contributed by atoms with E-state index in [1.165, 1.54) is 0 Å². The monoisotopic (exact) mass is 769 g/mol. The van der Waals surface area contributed by atoms with Crippen LogP contribution in [0, 0.1) is 11.8 Å². The second kappa shape index (κ2) is 16.1. The first-order valence-corrected chi connectivity index (χ1v) is 16.6. The summed E-state index contributed by atoms with van der Waals surface area (Å²) in [5.41, 5.74) is 2.13. The van der Waals surface area contributed by atoms with Gasteiger partial charge in [0.2, 0.25) is 11.8 Å². The number of hydrogen-bond donors (Lipinski definition) is 2. The number of allylic oxidation sites excluding steroid dienone is 2. The number of halogens is 6. The molecule has 17 heteroatoms. The van der Waals surface area contributed by atoms with Crippen LogP contribution < -0.4 is 10.6 Å². The van der Waals surface area contributed by atoms with Crippen LogP contribution in [-0.2, 0) is 36.0 Å². The number of anilines is 2. The van der Waals surface area contributed by atoms with Crippen LogP contribution in [0.4, 0.5) is 49.1 Å². The summed E-state index contributed by atoms with van der Waals surface area (Å²) >= 11 is 1.95. The van der Waals surface area contributed by atoms with Gasteiger partial charge in [0.15, 0.2) is 0 Å². The largest absolute Gasteiger partial charge is 2.00 e. The average Bonchev–Trinajstić information content (AvgIpc) is 3.83. The number of fused-ring (bicyclic) bond motifs is 2. The molecule has 2 amide bonds. The molecule has 0 atom stereocenters. The van der Waals surface area contributed by atoms with Gasteiger partial charge in [-0.2, -0.15) is 26.3 Å². The molecule has 8 nitrogen and oxygen atoms in total. The summed E-state index contributed by atoms with van der Waals surface area (Å²) in [6.07, 6.45) is -1.09. The first-order valence-electron chi connectivity index (χ1n) is 15.0. The number of benzene rings is 2. The summed E-state index contributed by atoms with van der Waals surface area (Å²) in [7, 11) is 0. The Kier molecular flexibility index (Phi) is 12.6. The van der Waals surface area contributed by atoms with Crippen molar-refractivity contribution in [3.05, 3.63) is 69.2 Å². The summed E-state index contributed by atoms with van der Waals surface area (Å²) in [5.74, 6) is -3.88. The summed E-state index contributed by atoms with van der Waals surface area (Å²) < 4.78 is 73.8. The molecular formula is C32H28CoF6N4O4S2. The molecule has 263 valence electrons. The van der Waals surface area contributed by atoms with Crippen molar-refractivity contribution in [3.8, 4) is 0 Å². The SMILES string of the molecule is O=C(Nc1ccc2c(c1)S/C(=C/C(=O)C(F)(F)F)[N-]2)C1CCCC1.O=C(Nc1ccc2c(c1)S/C(=C/C(=O)C(F)(F)F)[N-]2)C1CCCC1.[Co+2]. The molecule has 6 rings (SSSR count). The van der Waals surface area contributed by atoms with Crippen molar-refractivity contribution in [1.29, 1.82) is 0 Å². The molecule has 0 unspecified atom stereocenters. The number of alkyl halides is 6. The fourth-order valence-electron chi connectivity index (χ4n) is 5.42. The molecule has 4 aliphatic rings. The van der Waals surface area contributed by atoms with Gasteiger partial charge in [-0.25, -0.2) is 0 Å². The Labute approximate surface area is 296 Å². The Morgan fingerprint density at radius 3 is 1.31 bits per heavy atom. The van der Waals surface area contributed by atoms with Crippen LogP contribution in [0.5, 0.6) is 0 Å². The number of nitrogens with one attached hydrogen (secondary N) is 2. The molecule has 1 radical (unpaired) electrons. The van der Waals surface area contributed by atoms with Crippen LogP contribution in [0.3, 0.4) is 0 Å². The smallest absolute Gasteiger partial charge is 0.651 e. The fraction of sp³-hybridized carbons (Fsp3) is 0.375. The number of amides is 2. The quantitative estimate of drug-likeness (QED) is 0.223. The third-order valence-electron chi connectivity index (χ3n) is 7.86. The Bertz CT molecular complexity index is 1550. The molecule has 2 heterocycles. The number of ketones is 2. The maximum absolute atomic E-state index is 12.3. The van der Waals surface area contributed by atoms with E-state index in [0.717, 1.165) is 74.9 Å². The zero-order valence-corrected chi connectivity index (χ0v) is 28.0. The van der Waals surface area contributed by atoms with E-state index in [-0.39, 0.29) is 50.5 Å². The normalized spacial score (nSPS) is 18.8. The Morgan fingerprint density at radius 2 is 0.980 bits per heavy atom. The molecule has 2 N–H and O–H groups in total. The van der Waals surface area contributed by atoms with Gasteiger partial charge in [-0.3, -0.25) is 19.2 Å². The van der Waals surface area contributed by atoms with Gasteiger partial charge in [0.25, 0.3) is 11.6 Å². The minimum absolute atomic E-state index is 0. The van der Waals surface area contributed by atoms with Gasteiger partial charge in [0.1, 0.15) is 0 Å². The van der Waals surface area contributed by atoms with Crippen molar-refractivity contribution in [3.63, 3.8) is 0 Å². The zero-order chi connectivity index (χ0) is 34.6. The standard InChI is InChI=1S/2C16H15F3N2O2S.Co/c2*17-16(18,19)13(22)8-14-21-11-6-5-10(7-12(11)24-14)20-15(23)9-3-1-2-4-9;/h2*5-9H,1-4H2,(H2,20,21,22,23);/q;;+2/p-2. The maximum Gasteiger partial charge on any atom is 2.00 e. The van der Waals surface area contributed by atoms with Crippen molar-refractivity contribution in [2.75, 3.05) is 10.6 Å². The van der Waals surface area contributed by atoms with Crippen molar-refractivity contribution in [2.45, 2.75) is 73.5 Å². The fourth-order valence-corrected chi connectivity index (χ4v) is 7.30. The molecule has 49 heavy (non-hydrogen) atoms. The number of hydrogen-bond acceptors (Lipinski definition) is 6. The predicted octanol–water partition coefficient (Wildman–Crippen LogP) is 9.80. The molecule has 0 spiro atoms. The molecule has 2 aliphatic heterocycles. The van der Waals surface area contributed by atoms with Gasteiger partial charge in [-0.15, -0.1) is 34.9 Å². The molecular weight excluding hydrogens is 741 g/mol. The summed E-state index contributed by atoms with van der Waals surface area (Å²) in [6, 6.07) is 9.87. The topological polar surface area (TPSA) is 121 Å². The van der Waals surface area contributed by atoms with E-state index in [1.54, 1.807) is 36.4 Å². The first-order chi connectivity index (χ1) is 22.7. The summed E-state index contributed by atoms with van der Waals surface area (Å²) in [6.45, 7) is 0. The number of carbonyl (C=O) groups is 4. The Hall–Kier alpha value is -3.41. The van der Waals surface area contributed by atoms with E-state index in [1.807, 2.05) is 0 Å². The average molecular weight is 770 g/mol. The molecule has 2 aliphatic carbocycles. The molecule has 0 saturated heterocycles. The van der Waals surface area contributed by atoms with Gasteiger partial charge >= 0.3 is 29.1 Å². The minimum Gasteiger partial charge on any atom is -0.651 e. The first kappa shape index (κ1) is 38.4. The van der Waals surface area contributed by atoms with Gasteiger partial charge < -0.3 is 21.3 Å². The van der Waals surface area contributed by atoms with Gasteiger partial charge in [-0.1, -0.05) is 47.9 Å². The van der Waals surface area contributed by atoms with Crippen LogP contribution in [-0.4, -0.2) is 35.7 Å². The zero-order valence-electron chi connectivity index (χ0n) is 25.4. The van der Waals surface area contributed by atoms with E-state index in [9.17, 15) is 45.5 Å². The molecule has 2 aromatic rings. The van der Waals surface area contributed by atoms with Crippen molar-refractivity contribution >= 4 is 69.7 Å². The molecule has 2 saturated carbocycles. The van der Waals surface area contributed by atoms with E-state index >= 15 is 0 Å². The van der Waals surface area contributed by atoms with Crippen molar-refractivity contribution < 1.29 is 62.3 Å².